The van der Waals surface area contributed by atoms with Crippen molar-refractivity contribution >= 4 is 29.5 Å². The molecule has 2 aliphatic heterocycles. The van der Waals surface area contributed by atoms with E-state index < -0.39 is 54.5 Å². The van der Waals surface area contributed by atoms with Crippen molar-refractivity contribution in [2.45, 2.75) is 38.0 Å². The molecule has 4 rings (SSSR count). The number of nitrogens with two attached hydrogens (primary N) is 1. The summed E-state index contributed by atoms with van der Waals surface area (Å²) in [5, 5.41) is 7.95. The third kappa shape index (κ3) is 9.25. The zero-order valence-corrected chi connectivity index (χ0v) is 24.2. The Bertz CT molecular complexity index is 1330. The van der Waals surface area contributed by atoms with Gasteiger partial charge in [0.15, 0.2) is 0 Å². The first-order valence-electron chi connectivity index (χ1n) is 14.2. The molecule has 2 aromatic rings. The molecule has 2 aromatic carbocycles. The number of primary amides is 1. The Hall–Kier alpha value is -4.49. The lowest BCUT2D eigenvalue weighted by Crippen LogP contribution is -2.53. The normalized spacial score (nSPS) is 20.6. The molecule has 0 aromatic heterocycles. The monoisotopic (exact) mass is 594 g/mol. The van der Waals surface area contributed by atoms with E-state index in [-0.39, 0.29) is 31.0 Å². The van der Waals surface area contributed by atoms with Crippen molar-refractivity contribution in [3.05, 3.63) is 65.2 Å². The van der Waals surface area contributed by atoms with Crippen molar-refractivity contribution < 1.29 is 33.4 Å². The van der Waals surface area contributed by atoms with Gasteiger partial charge in [0.25, 0.3) is 5.91 Å². The number of para-hydroxylation sites is 1. The summed E-state index contributed by atoms with van der Waals surface area (Å²) in [6.07, 6.45) is -0.910. The summed E-state index contributed by atoms with van der Waals surface area (Å²) in [5.74, 6) is -2.97. The molecule has 5 amide bonds. The van der Waals surface area contributed by atoms with Crippen LogP contribution in [0.15, 0.2) is 48.5 Å². The van der Waals surface area contributed by atoms with E-state index in [4.69, 9.17) is 15.2 Å². The molecule has 2 heterocycles. The fourth-order valence-electron chi connectivity index (χ4n) is 4.90. The molecule has 43 heavy (non-hydrogen) atoms. The second-order valence-electron chi connectivity index (χ2n) is 10.6. The quantitative estimate of drug-likeness (QED) is 0.333. The average molecular weight is 595 g/mol. The Morgan fingerprint density at radius 2 is 1.72 bits per heavy atom. The van der Waals surface area contributed by atoms with Gasteiger partial charge in [-0.05, 0) is 23.3 Å². The van der Waals surface area contributed by atoms with Crippen molar-refractivity contribution in [3.63, 3.8) is 0 Å². The molecule has 230 valence electrons. The molecule has 13 nitrogen and oxygen atoms in total. The number of amides is 5. The van der Waals surface area contributed by atoms with Crippen molar-refractivity contribution in [3.8, 4) is 5.75 Å². The molecule has 1 fully saturated rings. The highest BCUT2D eigenvalue weighted by Gasteiger charge is 2.30. The van der Waals surface area contributed by atoms with E-state index in [1.807, 2.05) is 24.3 Å². The van der Waals surface area contributed by atoms with E-state index in [0.29, 0.717) is 13.2 Å². The maximum Gasteiger partial charge on any atom is 0.255 e. The minimum Gasteiger partial charge on any atom is -0.491 e. The first kappa shape index (κ1) is 31.4. The summed E-state index contributed by atoms with van der Waals surface area (Å²) in [4.78, 5) is 68.0. The van der Waals surface area contributed by atoms with Gasteiger partial charge in [0, 0.05) is 33.2 Å². The number of morpholine rings is 1. The third-order valence-corrected chi connectivity index (χ3v) is 7.21. The van der Waals surface area contributed by atoms with Gasteiger partial charge in [-0.3, -0.25) is 28.9 Å². The number of ether oxygens (including phenoxy) is 2. The fourth-order valence-corrected chi connectivity index (χ4v) is 4.90. The van der Waals surface area contributed by atoms with Crippen LogP contribution in [0.5, 0.6) is 5.75 Å². The molecule has 2 aliphatic rings. The molecule has 5 N–H and O–H groups in total. The summed E-state index contributed by atoms with van der Waals surface area (Å²) in [5.41, 5.74) is 7.44. The van der Waals surface area contributed by atoms with Gasteiger partial charge >= 0.3 is 0 Å². The van der Waals surface area contributed by atoms with Gasteiger partial charge in [0.2, 0.25) is 23.6 Å². The van der Waals surface area contributed by atoms with Crippen LogP contribution in [0.3, 0.4) is 0 Å². The summed E-state index contributed by atoms with van der Waals surface area (Å²) in [6, 6.07) is 11.8. The van der Waals surface area contributed by atoms with Crippen LogP contribution < -0.4 is 26.4 Å². The van der Waals surface area contributed by atoms with E-state index in [1.165, 1.54) is 11.9 Å². The van der Waals surface area contributed by atoms with Gasteiger partial charge in [0.1, 0.15) is 24.4 Å². The number of hydrogen-bond donors (Lipinski definition) is 4. The predicted molar refractivity (Wildman–Crippen MR) is 156 cm³/mol. The van der Waals surface area contributed by atoms with E-state index >= 15 is 0 Å². The Morgan fingerprint density at radius 3 is 2.49 bits per heavy atom. The minimum atomic E-state index is -1.29. The van der Waals surface area contributed by atoms with Crippen molar-refractivity contribution in [2.24, 2.45) is 5.73 Å². The molecule has 0 spiro atoms. The van der Waals surface area contributed by atoms with Crippen LogP contribution in [0.1, 0.15) is 34.3 Å². The second kappa shape index (κ2) is 15.1. The van der Waals surface area contributed by atoms with Crippen molar-refractivity contribution in [1.29, 1.82) is 0 Å². The number of nitrogens with one attached hydrogen (secondary N) is 3. The smallest absolute Gasteiger partial charge is 0.255 e. The minimum absolute atomic E-state index is 0.0400. The highest BCUT2D eigenvalue weighted by atomic mass is 16.5. The van der Waals surface area contributed by atoms with E-state index in [1.54, 1.807) is 24.3 Å². The molecule has 13 heteroatoms. The van der Waals surface area contributed by atoms with Crippen molar-refractivity contribution in [2.75, 3.05) is 46.5 Å². The molecule has 2 atom stereocenters. The van der Waals surface area contributed by atoms with Crippen LogP contribution >= 0.6 is 0 Å². The Balaban J connectivity index is 1.51. The zero-order chi connectivity index (χ0) is 30.8. The average Bonchev–Trinajstić information content (AvgIpc) is 2.99. The lowest BCUT2D eigenvalue weighted by atomic mass is 10.1. The van der Waals surface area contributed by atoms with E-state index in [0.717, 1.165) is 30.8 Å². The maximum atomic E-state index is 13.4. The van der Waals surface area contributed by atoms with E-state index in [9.17, 15) is 24.0 Å². The third-order valence-electron chi connectivity index (χ3n) is 7.21. The maximum absolute atomic E-state index is 13.4. The molecule has 0 unspecified atom stereocenters. The number of hydrogen-bond acceptors (Lipinski definition) is 8. The molecular weight excluding hydrogens is 556 g/mol. The number of rotatable bonds is 7. The zero-order valence-electron chi connectivity index (χ0n) is 24.2. The molecule has 0 aliphatic carbocycles. The molecule has 1 saturated heterocycles. The fraction of sp³-hybridized carbons (Fsp3) is 0.433. The number of benzene rings is 2. The lowest BCUT2D eigenvalue weighted by molar-refractivity contribution is -0.137. The number of nitrogens with zero attached hydrogens (tertiary/aromatic N) is 2. The summed E-state index contributed by atoms with van der Waals surface area (Å²) in [6.45, 7) is 4.17. The Labute approximate surface area is 250 Å². The highest BCUT2D eigenvalue weighted by Crippen LogP contribution is 2.19. The number of carbonyl (C=O) groups excluding carboxylic acids is 5. The topological polar surface area (TPSA) is 172 Å². The molecular formula is C30H38N6O7. The van der Waals surface area contributed by atoms with Gasteiger partial charge in [-0.15, -0.1) is 0 Å². The van der Waals surface area contributed by atoms with Crippen molar-refractivity contribution in [1.82, 2.24) is 25.8 Å². The van der Waals surface area contributed by atoms with Crippen LogP contribution in [0.2, 0.25) is 0 Å². The Morgan fingerprint density at radius 1 is 0.977 bits per heavy atom. The van der Waals surface area contributed by atoms with Crippen LogP contribution in [0.4, 0.5) is 0 Å². The standard InChI is InChI=1S/C30H38N6O7/c1-35-9-14-43-25-8-3-2-7-22(25)28(39)34-23(17-27(38)33-24(30(35)41)16-26(31)37)29(40)32-18-20-5-4-6-21(15-20)19-36-10-12-42-13-11-36/h2-8,15,23-24H,9-14,16-19H2,1H3,(H2,31,37)(H,32,40)(H,33,38)(H,34,39)/t23-,24-/m0/s1. The van der Waals surface area contributed by atoms with Crippen LogP contribution in [-0.2, 0) is 37.0 Å². The highest BCUT2D eigenvalue weighted by molar-refractivity contribution is 6.01. The molecule has 0 radical (unpaired) electrons. The number of likely N-dealkylation sites (N-methyl/N-ethyl adjacent to an activating group) is 1. The summed E-state index contributed by atoms with van der Waals surface area (Å²) >= 11 is 0. The van der Waals surface area contributed by atoms with E-state index in [2.05, 4.69) is 20.9 Å². The van der Waals surface area contributed by atoms with Gasteiger partial charge in [-0.1, -0.05) is 36.4 Å². The first-order valence-corrected chi connectivity index (χ1v) is 14.2. The van der Waals surface area contributed by atoms with Gasteiger partial charge in [-0.25, -0.2) is 0 Å². The largest absolute Gasteiger partial charge is 0.491 e. The summed E-state index contributed by atoms with van der Waals surface area (Å²) in [7, 11) is 1.50. The van der Waals surface area contributed by atoms with Crippen LogP contribution in [0, 0.1) is 0 Å². The molecule has 0 saturated carbocycles. The van der Waals surface area contributed by atoms with Gasteiger partial charge < -0.3 is 36.1 Å². The van der Waals surface area contributed by atoms with Gasteiger partial charge in [0.05, 0.1) is 38.2 Å². The SMILES string of the molecule is CN1CCOc2ccccc2C(=O)N[C@H](C(=O)NCc2cccc(CN3CCOCC3)c2)CC(=O)N[C@@H](CC(N)=O)C1=O. The Kier molecular flexibility index (Phi) is 11.1. The predicted octanol–water partition coefficient (Wildman–Crippen LogP) is -0.465. The van der Waals surface area contributed by atoms with Crippen LogP contribution in [-0.4, -0.2) is 97.9 Å². The lowest BCUT2D eigenvalue weighted by Gasteiger charge is -2.26. The summed E-state index contributed by atoms with van der Waals surface area (Å²) < 4.78 is 11.2. The number of fused-ring (bicyclic) bond motifs is 1. The first-order chi connectivity index (χ1) is 20.7. The van der Waals surface area contributed by atoms with Gasteiger partial charge in [-0.2, -0.15) is 0 Å². The molecule has 0 bridgehead atoms. The number of carbonyl (C=O) groups is 5. The second-order valence-corrected chi connectivity index (χ2v) is 10.6. The van der Waals surface area contributed by atoms with Crippen LogP contribution in [0.25, 0.3) is 0 Å².